The number of aliphatic carboxylic acids is 1. The highest BCUT2D eigenvalue weighted by molar-refractivity contribution is 6.05. The van der Waals surface area contributed by atoms with E-state index in [4.69, 9.17) is 9.84 Å². The summed E-state index contributed by atoms with van der Waals surface area (Å²) in [6.45, 7) is 2.20. The van der Waals surface area contributed by atoms with Gasteiger partial charge in [0.25, 0.3) is 5.91 Å². The van der Waals surface area contributed by atoms with Crippen LogP contribution in [0.3, 0.4) is 0 Å². The van der Waals surface area contributed by atoms with E-state index in [0.29, 0.717) is 17.0 Å². The van der Waals surface area contributed by atoms with Crippen LogP contribution in [0.25, 0.3) is 0 Å². The number of carboxylic acid groups (broad SMARTS) is 1. The summed E-state index contributed by atoms with van der Waals surface area (Å²) < 4.78 is 5.33. The summed E-state index contributed by atoms with van der Waals surface area (Å²) in [5, 5.41) is 8.80. The molecular formula is C16H18N2O6. The summed E-state index contributed by atoms with van der Waals surface area (Å²) in [5.41, 5.74) is 0.708. The number of ketones is 1. The Hall–Kier alpha value is -2.90. The molecule has 128 valence electrons. The third kappa shape index (κ3) is 3.37. The van der Waals surface area contributed by atoms with Gasteiger partial charge in [0.1, 0.15) is 18.3 Å². The molecule has 8 heteroatoms. The second kappa shape index (κ2) is 6.69. The Morgan fingerprint density at radius 1 is 1.38 bits per heavy atom. The van der Waals surface area contributed by atoms with Gasteiger partial charge in [0, 0.05) is 12.6 Å². The first kappa shape index (κ1) is 17.5. The number of ether oxygens (including phenoxy) is 1. The molecule has 0 aliphatic carbocycles. The number of hydrogen-bond acceptors (Lipinski definition) is 5. The first-order valence-electron chi connectivity index (χ1n) is 7.29. The van der Waals surface area contributed by atoms with Gasteiger partial charge >= 0.3 is 5.97 Å². The number of benzene rings is 1. The SMILES string of the molecule is CC(=O)c1ccc2c(c1)N(C(C)C(=O)N(C)CC(=O)O)C(=O)CO2. The summed E-state index contributed by atoms with van der Waals surface area (Å²) in [6, 6.07) is 3.73. The number of likely N-dealkylation sites (N-methyl/N-ethyl adjacent to an activating group) is 1. The van der Waals surface area contributed by atoms with Crippen molar-refractivity contribution in [2.45, 2.75) is 19.9 Å². The topological polar surface area (TPSA) is 104 Å². The van der Waals surface area contributed by atoms with Crippen molar-refractivity contribution < 1.29 is 29.0 Å². The van der Waals surface area contributed by atoms with E-state index in [9.17, 15) is 19.2 Å². The molecule has 0 radical (unpaired) electrons. The highest BCUT2D eigenvalue weighted by Gasteiger charge is 2.35. The van der Waals surface area contributed by atoms with Gasteiger partial charge in [0.05, 0.1) is 5.69 Å². The average molecular weight is 334 g/mol. The van der Waals surface area contributed by atoms with Gasteiger partial charge in [-0.15, -0.1) is 0 Å². The normalized spacial score (nSPS) is 14.5. The number of anilines is 1. The molecule has 0 bridgehead atoms. The molecule has 1 aliphatic heterocycles. The van der Waals surface area contributed by atoms with Crippen LogP contribution in [0.4, 0.5) is 5.69 Å². The summed E-state index contributed by atoms with van der Waals surface area (Å²) in [4.78, 5) is 49.3. The lowest BCUT2D eigenvalue weighted by Gasteiger charge is -2.35. The van der Waals surface area contributed by atoms with Crippen molar-refractivity contribution in [3.05, 3.63) is 23.8 Å². The van der Waals surface area contributed by atoms with E-state index >= 15 is 0 Å². The molecule has 1 aromatic rings. The standard InChI is InChI=1S/C16H18N2O6/c1-9(16(23)17(3)7-15(21)22)18-12-6-11(10(2)19)4-5-13(12)24-8-14(18)20/h4-6,9H,7-8H2,1-3H3,(H,21,22). The first-order valence-corrected chi connectivity index (χ1v) is 7.29. The fourth-order valence-electron chi connectivity index (χ4n) is 2.52. The Bertz CT molecular complexity index is 715. The van der Waals surface area contributed by atoms with Crippen LogP contribution in [0.5, 0.6) is 5.75 Å². The second-order valence-corrected chi connectivity index (χ2v) is 5.56. The monoisotopic (exact) mass is 334 g/mol. The van der Waals surface area contributed by atoms with Gasteiger partial charge in [-0.3, -0.25) is 24.1 Å². The molecule has 0 spiro atoms. The van der Waals surface area contributed by atoms with Crippen molar-refractivity contribution in [2.24, 2.45) is 0 Å². The zero-order valence-electron chi connectivity index (χ0n) is 13.6. The lowest BCUT2D eigenvalue weighted by atomic mass is 10.1. The molecule has 8 nitrogen and oxygen atoms in total. The van der Waals surface area contributed by atoms with Crippen LogP contribution in [-0.4, -0.2) is 59.8 Å². The number of fused-ring (bicyclic) bond motifs is 1. The average Bonchev–Trinajstić information content (AvgIpc) is 2.52. The predicted octanol–water partition coefficient (Wildman–Crippen LogP) is 0.546. The molecule has 1 aliphatic rings. The van der Waals surface area contributed by atoms with Crippen LogP contribution in [0.1, 0.15) is 24.2 Å². The van der Waals surface area contributed by atoms with Crippen LogP contribution < -0.4 is 9.64 Å². The van der Waals surface area contributed by atoms with Gasteiger partial charge in [-0.1, -0.05) is 0 Å². The number of hydrogen-bond donors (Lipinski definition) is 1. The number of nitrogens with zero attached hydrogens (tertiary/aromatic N) is 2. The molecule has 0 aromatic heterocycles. The Labute approximate surface area is 138 Å². The second-order valence-electron chi connectivity index (χ2n) is 5.56. The highest BCUT2D eigenvalue weighted by Crippen LogP contribution is 2.34. The Morgan fingerprint density at radius 2 is 2.04 bits per heavy atom. The Balaban J connectivity index is 2.37. The minimum Gasteiger partial charge on any atom is -0.482 e. The first-order chi connectivity index (χ1) is 11.2. The molecule has 1 atom stereocenters. The van der Waals surface area contributed by atoms with Gasteiger partial charge < -0.3 is 14.7 Å². The molecule has 1 aromatic carbocycles. The van der Waals surface area contributed by atoms with Crippen molar-refractivity contribution in [3.63, 3.8) is 0 Å². The molecule has 2 rings (SSSR count). The minimum atomic E-state index is -1.15. The Morgan fingerprint density at radius 3 is 2.62 bits per heavy atom. The fraction of sp³-hybridized carbons (Fsp3) is 0.375. The maximum atomic E-state index is 12.4. The van der Waals surface area contributed by atoms with E-state index < -0.39 is 30.4 Å². The summed E-state index contributed by atoms with van der Waals surface area (Å²) >= 11 is 0. The summed E-state index contributed by atoms with van der Waals surface area (Å²) in [6.07, 6.45) is 0. The number of carbonyl (C=O) groups excluding carboxylic acids is 3. The van der Waals surface area contributed by atoms with Crippen LogP contribution in [0.2, 0.25) is 0 Å². The zero-order chi connectivity index (χ0) is 18.0. The number of carboxylic acids is 1. The molecule has 0 saturated carbocycles. The van der Waals surface area contributed by atoms with Gasteiger partial charge in [0.15, 0.2) is 12.4 Å². The summed E-state index contributed by atoms with van der Waals surface area (Å²) in [5.74, 6) is -1.90. The molecule has 0 fully saturated rings. The van der Waals surface area contributed by atoms with Crippen LogP contribution in [0, 0.1) is 0 Å². The molecule has 1 N–H and O–H groups in total. The van der Waals surface area contributed by atoms with Crippen molar-refractivity contribution >= 4 is 29.3 Å². The van der Waals surface area contributed by atoms with Crippen LogP contribution >= 0.6 is 0 Å². The van der Waals surface area contributed by atoms with Crippen molar-refractivity contribution in [1.82, 2.24) is 4.90 Å². The smallest absolute Gasteiger partial charge is 0.323 e. The van der Waals surface area contributed by atoms with Crippen LogP contribution in [-0.2, 0) is 14.4 Å². The number of amides is 2. The van der Waals surface area contributed by atoms with Gasteiger partial charge in [-0.05, 0) is 32.0 Å². The molecule has 1 heterocycles. The van der Waals surface area contributed by atoms with E-state index in [1.165, 1.54) is 31.9 Å². The summed E-state index contributed by atoms with van der Waals surface area (Å²) in [7, 11) is 1.35. The lowest BCUT2D eigenvalue weighted by molar-refractivity contribution is -0.144. The zero-order valence-corrected chi connectivity index (χ0v) is 13.6. The third-order valence-electron chi connectivity index (χ3n) is 3.74. The van der Waals surface area contributed by atoms with E-state index in [1.807, 2.05) is 0 Å². The van der Waals surface area contributed by atoms with E-state index in [0.717, 1.165) is 4.90 Å². The Kier molecular flexibility index (Phi) is 4.87. The molecular weight excluding hydrogens is 316 g/mol. The number of Topliss-reactive ketones (excluding diaryl/α,β-unsaturated/α-hetero) is 1. The number of rotatable bonds is 5. The van der Waals surface area contributed by atoms with Crippen LogP contribution in [0.15, 0.2) is 18.2 Å². The third-order valence-corrected chi connectivity index (χ3v) is 3.74. The minimum absolute atomic E-state index is 0.183. The van der Waals surface area contributed by atoms with Crippen molar-refractivity contribution in [3.8, 4) is 5.75 Å². The van der Waals surface area contributed by atoms with E-state index in [1.54, 1.807) is 12.1 Å². The molecule has 0 saturated heterocycles. The quantitative estimate of drug-likeness (QED) is 0.789. The molecule has 2 amide bonds. The maximum absolute atomic E-state index is 12.4. The lowest BCUT2D eigenvalue weighted by Crippen LogP contribution is -2.52. The van der Waals surface area contributed by atoms with E-state index in [-0.39, 0.29) is 12.4 Å². The largest absolute Gasteiger partial charge is 0.482 e. The predicted molar refractivity (Wildman–Crippen MR) is 84.2 cm³/mol. The molecule has 24 heavy (non-hydrogen) atoms. The number of carbonyl (C=O) groups is 4. The van der Waals surface area contributed by atoms with Gasteiger partial charge in [0.2, 0.25) is 5.91 Å². The molecule has 1 unspecified atom stereocenters. The highest BCUT2D eigenvalue weighted by atomic mass is 16.5. The van der Waals surface area contributed by atoms with Gasteiger partial charge in [-0.25, -0.2) is 0 Å². The van der Waals surface area contributed by atoms with Crippen molar-refractivity contribution in [1.29, 1.82) is 0 Å². The fourth-order valence-corrected chi connectivity index (χ4v) is 2.52. The van der Waals surface area contributed by atoms with Gasteiger partial charge in [-0.2, -0.15) is 0 Å². The van der Waals surface area contributed by atoms with E-state index in [2.05, 4.69) is 0 Å². The maximum Gasteiger partial charge on any atom is 0.323 e. The van der Waals surface area contributed by atoms with Crippen molar-refractivity contribution in [2.75, 3.05) is 25.1 Å².